The first-order valence-corrected chi connectivity index (χ1v) is 6.32. The van der Waals surface area contributed by atoms with E-state index >= 15 is 0 Å². The maximum absolute atomic E-state index is 13.9. The highest BCUT2D eigenvalue weighted by molar-refractivity contribution is 5.89. The fourth-order valence-electron chi connectivity index (χ4n) is 3.07. The number of carbonyl (C=O) groups is 1. The molecule has 1 heterocycles. The zero-order chi connectivity index (χ0) is 14.6. The average Bonchev–Trinajstić information content (AvgIpc) is 3.11. The zero-order valence-electron chi connectivity index (χ0n) is 10.3. The summed E-state index contributed by atoms with van der Waals surface area (Å²) in [5, 5.41) is 8.62. The Balaban J connectivity index is 2.11. The van der Waals surface area contributed by atoms with Crippen LogP contribution in [0.4, 0.5) is 23.2 Å². The molecule has 2 aliphatic rings. The number of hydrogen-bond donors (Lipinski definition) is 1. The van der Waals surface area contributed by atoms with Crippen molar-refractivity contribution in [2.75, 3.05) is 4.90 Å². The zero-order valence-corrected chi connectivity index (χ0v) is 10.3. The van der Waals surface area contributed by atoms with Gasteiger partial charge in [-0.15, -0.1) is 0 Å². The average molecular weight is 289 g/mol. The molecule has 1 aliphatic heterocycles. The number of nitrogens with zero attached hydrogens (tertiary/aromatic N) is 1. The molecule has 1 saturated heterocycles. The summed E-state index contributed by atoms with van der Waals surface area (Å²) >= 11 is 0. The lowest BCUT2D eigenvalue weighted by molar-refractivity contribution is 0.0683. The number of halogens is 4. The van der Waals surface area contributed by atoms with E-state index in [2.05, 4.69) is 0 Å². The summed E-state index contributed by atoms with van der Waals surface area (Å²) in [6.07, 6.45) is 3.24. The highest BCUT2D eigenvalue weighted by Crippen LogP contribution is 2.47. The summed E-state index contributed by atoms with van der Waals surface area (Å²) in [4.78, 5) is 12.0. The Morgan fingerprint density at radius 2 is 1.40 bits per heavy atom. The van der Waals surface area contributed by atoms with Crippen molar-refractivity contribution in [2.45, 2.75) is 37.8 Å². The van der Waals surface area contributed by atoms with Gasteiger partial charge in [0, 0.05) is 12.1 Å². The predicted octanol–water partition coefficient (Wildman–Crippen LogP) is 3.07. The second-order valence-corrected chi connectivity index (χ2v) is 5.11. The molecule has 0 amide bonds. The lowest BCUT2D eigenvalue weighted by Crippen LogP contribution is -2.14. The molecule has 0 bridgehead atoms. The number of hydrogen-bond acceptors (Lipinski definition) is 2. The first-order chi connectivity index (χ1) is 9.45. The summed E-state index contributed by atoms with van der Waals surface area (Å²) in [6, 6.07) is -0.218. The van der Waals surface area contributed by atoms with Gasteiger partial charge < -0.3 is 10.0 Å². The van der Waals surface area contributed by atoms with E-state index in [-0.39, 0.29) is 12.1 Å². The van der Waals surface area contributed by atoms with Crippen molar-refractivity contribution in [3.05, 3.63) is 28.8 Å². The van der Waals surface area contributed by atoms with E-state index < -0.39 is 40.5 Å². The van der Waals surface area contributed by atoms with Crippen LogP contribution in [0, 0.1) is 23.3 Å². The van der Waals surface area contributed by atoms with Gasteiger partial charge in [-0.1, -0.05) is 12.8 Å². The van der Waals surface area contributed by atoms with Crippen molar-refractivity contribution in [1.29, 1.82) is 0 Å². The van der Waals surface area contributed by atoms with Gasteiger partial charge in [0.1, 0.15) is 11.3 Å². The predicted molar refractivity (Wildman–Crippen MR) is 61.8 cm³/mol. The van der Waals surface area contributed by atoms with Gasteiger partial charge in [-0.25, -0.2) is 22.4 Å². The van der Waals surface area contributed by atoms with E-state index in [9.17, 15) is 22.4 Å². The van der Waals surface area contributed by atoms with Crippen LogP contribution in [0.5, 0.6) is 0 Å². The Morgan fingerprint density at radius 3 is 1.80 bits per heavy atom. The molecule has 1 aliphatic carbocycles. The fourth-order valence-corrected chi connectivity index (χ4v) is 3.07. The SMILES string of the molecule is O=C(O)c1c(F)c(F)c(N2C3CCCCC32)c(F)c1F. The number of fused-ring (bicyclic) bond motifs is 1. The first-order valence-electron chi connectivity index (χ1n) is 6.32. The number of aromatic carboxylic acids is 1. The van der Waals surface area contributed by atoms with Gasteiger partial charge >= 0.3 is 5.97 Å². The van der Waals surface area contributed by atoms with Crippen LogP contribution in [0.2, 0.25) is 0 Å². The van der Waals surface area contributed by atoms with Crippen LogP contribution in [0.15, 0.2) is 0 Å². The molecule has 3 rings (SSSR count). The van der Waals surface area contributed by atoms with E-state index in [4.69, 9.17) is 5.11 Å². The summed E-state index contributed by atoms with van der Waals surface area (Å²) < 4.78 is 55.1. The van der Waals surface area contributed by atoms with Crippen LogP contribution in [-0.2, 0) is 0 Å². The van der Waals surface area contributed by atoms with Gasteiger partial charge in [0.05, 0.1) is 0 Å². The molecule has 0 spiro atoms. The summed E-state index contributed by atoms with van der Waals surface area (Å²) in [7, 11) is 0. The second kappa shape index (κ2) is 4.36. The van der Waals surface area contributed by atoms with E-state index in [1.165, 1.54) is 4.90 Å². The van der Waals surface area contributed by atoms with Crippen LogP contribution in [0.3, 0.4) is 0 Å². The Morgan fingerprint density at radius 1 is 0.950 bits per heavy atom. The summed E-state index contributed by atoms with van der Waals surface area (Å²) in [5.41, 5.74) is -2.37. The van der Waals surface area contributed by atoms with Crippen LogP contribution in [0.25, 0.3) is 0 Å². The Labute approximate surface area is 111 Å². The van der Waals surface area contributed by atoms with Crippen molar-refractivity contribution in [2.24, 2.45) is 0 Å². The summed E-state index contributed by atoms with van der Waals surface area (Å²) in [6.45, 7) is 0. The van der Waals surface area contributed by atoms with E-state index in [0.29, 0.717) is 12.8 Å². The topological polar surface area (TPSA) is 40.3 Å². The van der Waals surface area contributed by atoms with E-state index in [1.807, 2.05) is 0 Å². The molecule has 0 aromatic heterocycles. The largest absolute Gasteiger partial charge is 0.477 e. The maximum Gasteiger partial charge on any atom is 0.341 e. The standard InChI is InChI=1S/C13H11F4NO2/c14-8-7(13(19)20)9(15)11(17)12(10(8)16)18-5-3-1-2-4-6(5)18/h5-6H,1-4H2,(H,19,20). The molecule has 2 unspecified atom stereocenters. The van der Waals surface area contributed by atoms with Crippen molar-refractivity contribution in [3.8, 4) is 0 Å². The van der Waals surface area contributed by atoms with Gasteiger partial charge in [0.25, 0.3) is 0 Å². The third-order valence-corrected chi connectivity index (χ3v) is 4.03. The summed E-state index contributed by atoms with van der Waals surface area (Å²) in [5.74, 6) is -9.00. The van der Waals surface area contributed by atoms with E-state index in [0.717, 1.165) is 12.8 Å². The minimum Gasteiger partial charge on any atom is -0.477 e. The highest BCUT2D eigenvalue weighted by atomic mass is 19.2. The molecule has 108 valence electrons. The minimum absolute atomic E-state index is 0.109. The highest BCUT2D eigenvalue weighted by Gasteiger charge is 2.51. The quantitative estimate of drug-likeness (QED) is 0.517. The minimum atomic E-state index is -2.03. The Bertz CT molecular complexity index is 564. The second-order valence-electron chi connectivity index (χ2n) is 5.11. The molecule has 1 aromatic rings. The van der Waals surface area contributed by atoms with Crippen molar-refractivity contribution >= 4 is 11.7 Å². The third-order valence-electron chi connectivity index (χ3n) is 4.03. The maximum atomic E-state index is 13.9. The number of benzene rings is 1. The molecule has 1 aromatic carbocycles. The van der Waals surface area contributed by atoms with Crippen LogP contribution in [0.1, 0.15) is 36.0 Å². The molecule has 20 heavy (non-hydrogen) atoms. The van der Waals surface area contributed by atoms with Gasteiger partial charge in [-0.05, 0) is 12.8 Å². The molecule has 2 atom stereocenters. The molecule has 3 nitrogen and oxygen atoms in total. The van der Waals surface area contributed by atoms with Crippen LogP contribution in [-0.4, -0.2) is 23.2 Å². The third kappa shape index (κ3) is 1.68. The lowest BCUT2D eigenvalue weighted by atomic mass is 10.0. The molecular formula is C13H11F4NO2. The van der Waals surface area contributed by atoms with Gasteiger partial charge in [0.2, 0.25) is 0 Å². The monoisotopic (exact) mass is 289 g/mol. The fraction of sp³-hybridized carbons (Fsp3) is 0.462. The van der Waals surface area contributed by atoms with Gasteiger partial charge in [-0.2, -0.15) is 0 Å². The molecule has 1 N–H and O–H groups in total. The molecular weight excluding hydrogens is 278 g/mol. The Hall–Kier alpha value is -1.79. The molecule has 2 fully saturated rings. The molecule has 7 heteroatoms. The van der Waals surface area contributed by atoms with Crippen LogP contribution < -0.4 is 4.90 Å². The smallest absolute Gasteiger partial charge is 0.341 e. The van der Waals surface area contributed by atoms with Crippen molar-refractivity contribution < 1.29 is 27.5 Å². The molecule has 0 radical (unpaired) electrons. The molecule has 1 saturated carbocycles. The van der Waals surface area contributed by atoms with Crippen LogP contribution >= 0.6 is 0 Å². The number of carboxylic acids is 1. The first kappa shape index (κ1) is 13.2. The normalized spacial score (nSPS) is 24.5. The number of rotatable bonds is 2. The number of carboxylic acid groups (broad SMARTS) is 1. The van der Waals surface area contributed by atoms with Gasteiger partial charge in [0.15, 0.2) is 23.3 Å². The van der Waals surface area contributed by atoms with Crippen molar-refractivity contribution in [1.82, 2.24) is 0 Å². The van der Waals surface area contributed by atoms with E-state index in [1.54, 1.807) is 0 Å². The Kier molecular flexibility index (Phi) is 2.88. The van der Waals surface area contributed by atoms with Gasteiger partial charge in [-0.3, -0.25) is 0 Å². The number of anilines is 1. The van der Waals surface area contributed by atoms with Crippen molar-refractivity contribution in [3.63, 3.8) is 0 Å². The lowest BCUT2D eigenvalue weighted by Gasteiger charge is -2.12.